The fourth-order valence-corrected chi connectivity index (χ4v) is 2.45. The Bertz CT molecular complexity index is 482. The highest BCUT2D eigenvalue weighted by Gasteiger charge is 2.26. The van der Waals surface area contributed by atoms with Crippen LogP contribution in [0.2, 0.25) is 0 Å². The highest BCUT2D eigenvalue weighted by molar-refractivity contribution is 5.85. The summed E-state index contributed by atoms with van der Waals surface area (Å²) < 4.78 is 10.6. The van der Waals surface area contributed by atoms with Gasteiger partial charge >= 0.3 is 0 Å². The molecule has 6 heteroatoms. The van der Waals surface area contributed by atoms with Crippen LogP contribution in [0.25, 0.3) is 0 Å². The molecule has 0 unspecified atom stereocenters. The van der Waals surface area contributed by atoms with Gasteiger partial charge in [-0.25, -0.2) is 0 Å². The van der Waals surface area contributed by atoms with Crippen molar-refractivity contribution in [3.63, 3.8) is 0 Å². The van der Waals surface area contributed by atoms with E-state index in [1.807, 2.05) is 32.0 Å². The van der Waals surface area contributed by atoms with E-state index in [0.717, 1.165) is 29.9 Å². The second kappa shape index (κ2) is 10.3. The molecule has 3 N–H and O–H groups in total. The Morgan fingerprint density at radius 3 is 2.35 bits per heavy atom. The predicted octanol–water partition coefficient (Wildman–Crippen LogP) is 2.69. The summed E-state index contributed by atoms with van der Waals surface area (Å²) in [6, 6.07) is 5.60. The molecule has 0 atom stereocenters. The zero-order chi connectivity index (χ0) is 16.6. The number of ether oxygens (including phenoxy) is 2. The van der Waals surface area contributed by atoms with Gasteiger partial charge in [-0.05, 0) is 43.0 Å². The summed E-state index contributed by atoms with van der Waals surface area (Å²) in [6.45, 7) is 4.54. The van der Waals surface area contributed by atoms with E-state index in [4.69, 9.17) is 15.2 Å². The molecule has 0 heterocycles. The molecule has 0 aromatic heterocycles. The topological polar surface area (TPSA) is 73.6 Å². The van der Waals surface area contributed by atoms with Crippen LogP contribution >= 0.6 is 12.4 Å². The molecule has 23 heavy (non-hydrogen) atoms. The van der Waals surface area contributed by atoms with Crippen LogP contribution in [0.5, 0.6) is 11.5 Å². The summed E-state index contributed by atoms with van der Waals surface area (Å²) in [5, 5.41) is 3.08. The van der Waals surface area contributed by atoms with Gasteiger partial charge in [0.2, 0.25) is 5.91 Å². The molecule has 1 aromatic carbocycles. The zero-order valence-corrected chi connectivity index (χ0v) is 15.3. The molecule has 0 spiro atoms. The van der Waals surface area contributed by atoms with E-state index in [0.29, 0.717) is 19.4 Å². The minimum absolute atomic E-state index is 0. The van der Waals surface area contributed by atoms with Gasteiger partial charge in [0.1, 0.15) is 11.5 Å². The van der Waals surface area contributed by atoms with Crippen LogP contribution in [0.1, 0.15) is 38.7 Å². The molecule has 0 saturated heterocycles. The first kappa shape index (κ1) is 21.5. The number of rotatable bonds is 9. The van der Waals surface area contributed by atoms with Crippen LogP contribution in [0.15, 0.2) is 18.2 Å². The summed E-state index contributed by atoms with van der Waals surface area (Å²) >= 11 is 0. The first-order chi connectivity index (χ1) is 10.5. The fraction of sp³-hybridized carbons (Fsp3) is 0.588. The lowest BCUT2D eigenvalue weighted by molar-refractivity contribution is -0.123. The standard InChI is InChI=1S/C17H28N2O3.ClH/c1-5-17(6-2,12-18)19-16(20)10-7-13-11-14(21-3)8-9-15(13)22-4;/h8-9,11H,5-7,10,12,18H2,1-4H3,(H,19,20);1H. The average molecular weight is 345 g/mol. The summed E-state index contributed by atoms with van der Waals surface area (Å²) in [6.07, 6.45) is 2.65. The largest absolute Gasteiger partial charge is 0.497 e. The number of carbonyl (C=O) groups excluding carboxylic acids is 1. The molecule has 0 radical (unpaired) electrons. The van der Waals surface area contributed by atoms with E-state index >= 15 is 0 Å². The number of halogens is 1. The Morgan fingerprint density at radius 2 is 1.87 bits per heavy atom. The van der Waals surface area contributed by atoms with E-state index in [-0.39, 0.29) is 23.9 Å². The molecule has 1 rings (SSSR count). The number of carbonyl (C=O) groups is 1. The summed E-state index contributed by atoms with van der Waals surface area (Å²) in [7, 11) is 3.25. The number of hydrogen-bond donors (Lipinski definition) is 2. The minimum Gasteiger partial charge on any atom is -0.497 e. The van der Waals surface area contributed by atoms with Crippen molar-refractivity contribution >= 4 is 18.3 Å². The zero-order valence-electron chi connectivity index (χ0n) is 14.5. The highest BCUT2D eigenvalue weighted by atomic mass is 35.5. The lowest BCUT2D eigenvalue weighted by Crippen LogP contribution is -2.52. The van der Waals surface area contributed by atoms with Crippen LogP contribution < -0.4 is 20.5 Å². The first-order valence-electron chi connectivity index (χ1n) is 7.76. The maximum Gasteiger partial charge on any atom is 0.220 e. The summed E-state index contributed by atoms with van der Waals surface area (Å²) in [4.78, 5) is 12.2. The first-order valence-corrected chi connectivity index (χ1v) is 7.76. The summed E-state index contributed by atoms with van der Waals surface area (Å²) in [5.41, 5.74) is 6.48. The van der Waals surface area contributed by atoms with Crippen molar-refractivity contribution in [2.24, 2.45) is 5.73 Å². The lowest BCUT2D eigenvalue weighted by atomic mass is 9.92. The SMILES string of the molecule is CCC(CC)(CN)NC(=O)CCc1cc(OC)ccc1OC.Cl. The number of amides is 1. The number of nitrogens with one attached hydrogen (secondary N) is 1. The van der Waals surface area contributed by atoms with Crippen molar-refractivity contribution in [3.8, 4) is 11.5 Å². The monoisotopic (exact) mass is 344 g/mol. The van der Waals surface area contributed by atoms with Crippen molar-refractivity contribution in [2.75, 3.05) is 20.8 Å². The van der Waals surface area contributed by atoms with Gasteiger partial charge in [0, 0.05) is 13.0 Å². The van der Waals surface area contributed by atoms with Crippen molar-refractivity contribution in [1.29, 1.82) is 0 Å². The van der Waals surface area contributed by atoms with Gasteiger partial charge in [-0.15, -0.1) is 12.4 Å². The Kier molecular flexibility index (Phi) is 9.68. The number of benzene rings is 1. The third-order valence-corrected chi connectivity index (χ3v) is 4.26. The van der Waals surface area contributed by atoms with E-state index in [1.165, 1.54) is 0 Å². The van der Waals surface area contributed by atoms with Crippen LogP contribution in [-0.2, 0) is 11.2 Å². The van der Waals surface area contributed by atoms with Gasteiger partial charge in [0.15, 0.2) is 0 Å². The van der Waals surface area contributed by atoms with Crippen molar-refractivity contribution in [2.45, 2.75) is 45.1 Å². The van der Waals surface area contributed by atoms with Gasteiger partial charge in [0.25, 0.3) is 0 Å². The molecule has 0 aliphatic rings. The van der Waals surface area contributed by atoms with Crippen LogP contribution in [0.3, 0.4) is 0 Å². The molecule has 1 amide bonds. The third kappa shape index (κ3) is 5.92. The molecular formula is C17H29ClN2O3. The fourth-order valence-electron chi connectivity index (χ4n) is 2.45. The quantitative estimate of drug-likeness (QED) is 0.722. The molecule has 0 fully saturated rings. The molecule has 132 valence electrons. The molecule has 0 aliphatic carbocycles. The van der Waals surface area contributed by atoms with Crippen molar-refractivity contribution in [3.05, 3.63) is 23.8 Å². The predicted molar refractivity (Wildman–Crippen MR) is 95.6 cm³/mol. The van der Waals surface area contributed by atoms with Crippen LogP contribution in [0.4, 0.5) is 0 Å². The van der Waals surface area contributed by atoms with E-state index < -0.39 is 0 Å². The van der Waals surface area contributed by atoms with Gasteiger partial charge in [0.05, 0.1) is 19.8 Å². The van der Waals surface area contributed by atoms with Crippen molar-refractivity contribution < 1.29 is 14.3 Å². The Labute approximate surface area is 145 Å². The smallest absolute Gasteiger partial charge is 0.220 e. The third-order valence-electron chi connectivity index (χ3n) is 4.26. The molecule has 5 nitrogen and oxygen atoms in total. The highest BCUT2D eigenvalue weighted by Crippen LogP contribution is 2.25. The van der Waals surface area contributed by atoms with Gasteiger partial charge in [-0.1, -0.05) is 13.8 Å². The Hall–Kier alpha value is -1.46. The number of methoxy groups -OCH3 is 2. The van der Waals surface area contributed by atoms with Crippen LogP contribution in [-0.4, -0.2) is 32.2 Å². The number of hydrogen-bond acceptors (Lipinski definition) is 4. The van der Waals surface area contributed by atoms with E-state index in [9.17, 15) is 4.79 Å². The van der Waals surface area contributed by atoms with Gasteiger partial charge in [-0.3, -0.25) is 4.79 Å². The van der Waals surface area contributed by atoms with Gasteiger partial charge < -0.3 is 20.5 Å². The second-order valence-electron chi connectivity index (χ2n) is 5.42. The maximum absolute atomic E-state index is 12.2. The average Bonchev–Trinajstić information content (AvgIpc) is 2.57. The molecule has 1 aromatic rings. The van der Waals surface area contributed by atoms with E-state index in [2.05, 4.69) is 5.32 Å². The molecule has 0 bridgehead atoms. The van der Waals surface area contributed by atoms with Crippen LogP contribution in [0, 0.1) is 0 Å². The summed E-state index contributed by atoms with van der Waals surface area (Å²) in [5.74, 6) is 1.54. The maximum atomic E-state index is 12.2. The number of aryl methyl sites for hydroxylation is 1. The normalized spacial score (nSPS) is 10.7. The molecule has 0 aliphatic heterocycles. The van der Waals surface area contributed by atoms with E-state index in [1.54, 1.807) is 14.2 Å². The minimum atomic E-state index is -0.296. The van der Waals surface area contributed by atoms with Gasteiger partial charge in [-0.2, -0.15) is 0 Å². The molecule has 0 saturated carbocycles. The Balaban J connectivity index is 0.00000484. The number of nitrogens with two attached hydrogens (primary N) is 1. The van der Waals surface area contributed by atoms with Crippen molar-refractivity contribution in [1.82, 2.24) is 5.32 Å². The lowest BCUT2D eigenvalue weighted by Gasteiger charge is -2.31. The Morgan fingerprint density at radius 1 is 1.22 bits per heavy atom. The second-order valence-corrected chi connectivity index (χ2v) is 5.42. The molecular weight excluding hydrogens is 316 g/mol.